The Labute approximate surface area is 113 Å². The Morgan fingerprint density at radius 3 is 3.21 bits per heavy atom. The first-order chi connectivity index (χ1) is 9.24. The van der Waals surface area contributed by atoms with Crippen LogP contribution in [0.25, 0.3) is 0 Å². The number of hydrogen-bond acceptors (Lipinski definition) is 3. The Bertz CT molecular complexity index is 456. The first-order valence-electron chi connectivity index (χ1n) is 7.30. The molecule has 1 aromatic heterocycles. The van der Waals surface area contributed by atoms with Gasteiger partial charge in [0.15, 0.2) is 0 Å². The van der Waals surface area contributed by atoms with Crippen LogP contribution in [-0.4, -0.2) is 28.7 Å². The second-order valence-corrected chi connectivity index (χ2v) is 5.84. The minimum atomic E-state index is 0.129. The zero-order chi connectivity index (χ0) is 13.2. The minimum Gasteiger partial charge on any atom is -0.347 e. The van der Waals surface area contributed by atoms with Crippen LogP contribution in [0.5, 0.6) is 0 Å². The highest BCUT2D eigenvalue weighted by Crippen LogP contribution is 2.28. The number of carbonyl (C=O) groups is 1. The van der Waals surface area contributed by atoms with E-state index in [1.807, 2.05) is 6.20 Å². The summed E-state index contributed by atoms with van der Waals surface area (Å²) in [6, 6.07) is 0.572. The van der Waals surface area contributed by atoms with Gasteiger partial charge >= 0.3 is 0 Å². The van der Waals surface area contributed by atoms with Crippen LogP contribution in [0.1, 0.15) is 49.9 Å². The summed E-state index contributed by atoms with van der Waals surface area (Å²) in [4.78, 5) is 12.4. The summed E-state index contributed by atoms with van der Waals surface area (Å²) in [6.07, 6.45) is 6.98. The summed E-state index contributed by atoms with van der Waals surface area (Å²) in [7, 11) is 0. The lowest BCUT2D eigenvalue weighted by Gasteiger charge is -2.30. The van der Waals surface area contributed by atoms with Gasteiger partial charge in [-0.2, -0.15) is 5.10 Å². The lowest BCUT2D eigenvalue weighted by atomic mass is 9.90. The van der Waals surface area contributed by atoms with Gasteiger partial charge in [0.2, 0.25) is 5.91 Å². The highest BCUT2D eigenvalue weighted by atomic mass is 16.2. The molecule has 0 aromatic carbocycles. The molecule has 1 amide bonds. The first kappa shape index (κ1) is 12.7. The molecule has 3 rings (SSSR count). The highest BCUT2D eigenvalue weighted by Gasteiger charge is 2.29. The van der Waals surface area contributed by atoms with E-state index in [0.29, 0.717) is 6.04 Å². The van der Waals surface area contributed by atoms with Gasteiger partial charge in [0.1, 0.15) is 0 Å². The molecule has 2 aliphatic rings. The summed E-state index contributed by atoms with van der Waals surface area (Å²) < 4.78 is 0. The summed E-state index contributed by atoms with van der Waals surface area (Å²) >= 11 is 0. The number of aryl methyl sites for hydroxylation is 1. The third kappa shape index (κ3) is 2.66. The van der Waals surface area contributed by atoms with Crippen LogP contribution in [-0.2, 0) is 11.2 Å². The largest absolute Gasteiger partial charge is 0.347 e. The maximum atomic E-state index is 12.4. The Kier molecular flexibility index (Phi) is 3.55. The normalized spacial score (nSPS) is 30.7. The number of H-pyrrole nitrogens is 1. The molecule has 104 valence electrons. The van der Waals surface area contributed by atoms with E-state index in [0.717, 1.165) is 44.3 Å². The van der Waals surface area contributed by atoms with E-state index in [9.17, 15) is 4.79 Å². The fourth-order valence-corrected chi connectivity index (χ4v) is 3.27. The first-order valence-corrected chi connectivity index (χ1v) is 7.30. The molecule has 3 N–H and O–H groups in total. The molecule has 5 nitrogen and oxygen atoms in total. The van der Waals surface area contributed by atoms with E-state index in [-0.39, 0.29) is 17.9 Å². The van der Waals surface area contributed by atoms with Crippen molar-refractivity contribution in [3.8, 4) is 0 Å². The predicted molar refractivity (Wildman–Crippen MR) is 72.6 cm³/mol. The molecule has 1 aliphatic carbocycles. The van der Waals surface area contributed by atoms with Crippen molar-refractivity contribution < 1.29 is 4.79 Å². The summed E-state index contributed by atoms with van der Waals surface area (Å²) in [5.74, 6) is 0.366. The molecule has 1 fully saturated rings. The summed E-state index contributed by atoms with van der Waals surface area (Å²) in [5, 5.41) is 13.7. The second kappa shape index (κ2) is 5.33. The number of hydrogen-bond donors (Lipinski definition) is 3. The van der Waals surface area contributed by atoms with Crippen molar-refractivity contribution in [1.82, 2.24) is 20.8 Å². The van der Waals surface area contributed by atoms with E-state index in [1.54, 1.807) is 0 Å². The number of amides is 1. The average Bonchev–Trinajstić information content (AvgIpc) is 2.88. The molecule has 0 spiro atoms. The van der Waals surface area contributed by atoms with Crippen molar-refractivity contribution in [2.24, 2.45) is 5.92 Å². The van der Waals surface area contributed by atoms with Gasteiger partial charge in [0.25, 0.3) is 0 Å². The van der Waals surface area contributed by atoms with E-state index >= 15 is 0 Å². The molecule has 0 radical (unpaired) electrons. The van der Waals surface area contributed by atoms with Gasteiger partial charge in [-0.15, -0.1) is 0 Å². The van der Waals surface area contributed by atoms with Crippen molar-refractivity contribution in [3.05, 3.63) is 17.5 Å². The number of rotatable bonds is 2. The van der Waals surface area contributed by atoms with Crippen molar-refractivity contribution in [2.75, 3.05) is 6.54 Å². The fraction of sp³-hybridized carbons (Fsp3) is 0.714. The third-order valence-electron chi connectivity index (χ3n) is 4.35. The number of nitrogens with zero attached hydrogens (tertiary/aromatic N) is 1. The maximum absolute atomic E-state index is 12.4. The number of carbonyl (C=O) groups excluding carboxylic acids is 1. The molecule has 3 atom stereocenters. The van der Waals surface area contributed by atoms with Crippen molar-refractivity contribution >= 4 is 5.91 Å². The smallest absolute Gasteiger partial charge is 0.223 e. The fourth-order valence-electron chi connectivity index (χ4n) is 3.27. The number of piperidine rings is 1. The summed E-state index contributed by atoms with van der Waals surface area (Å²) in [5.41, 5.74) is 2.37. The SMILES string of the molecule is C[C@H]1C[C@@H](C(=O)NC2CCCc3cn[nH]c32)CCN1. The van der Waals surface area contributed by atoms with Crippen molar-refractivity contribution in [2.45, 2.75) is 51.1 Å². The van der Waals surface area contributed by atoms with Crippen molar-refractivity contribution in [1.29, 1.82) is 0 Å². The molecule has 1 aromatic rings. The molecule has 0 bridgehead atoms. The third-order valence-corrected chi connectivity index (χ3v) is 4.35. The number of aromatic nitrogens is 2. The minimum absolute atomic E-state index is 0.129. The number of fused-ring (bicyclic) bond motifs is 1. The van der Waals surface area contributed by atoms with Crippen LogP contribution < -0.4 is 10.6 Å². The van der Waals surface area contributed by atoms with Crippen LogP contribution >= 0.6 is 0 Å². The van der Waals surface area contributed by atoms with E-state index in [1.165, 1.54) is 5.56 Å². The molecule has 1 saturated heterocycles. The standard InChI is InChI=1S/C14H22N4O/c1-9-7-10(5-6-15-9)14(19)17-12-4-2-3-11-8-16-18-13(11)12/h8-10,12,15H,2-7H2,1H3,(H,16,18)(H,17,19)/t9-,10-,12?/m0/s1. The van der Waals surface area contributed by atoms with Gasteiger partial charge in [-0.1, -0.05) is 0 Å². The second-order valence-electron chi connectivity index (χ2n) is 5.84. The van der Waals surface area contributed by atoms with Gasteiger partial charge in [0, 0.05) is 12.0 Å². The molecule has 2 heterocycles. The zero-order valence-corrected chi connectivity index (χ0v) is 11.4. The highest BCUT2D eigenvalue weighted by molar-refractivity contribution is 5.79. The number of nitrogens with one attached hydrogen (secondary N) is 3. The predicted octanol–water partition coefficient (Wildman–Crippen LogP) is 1.29. The van der Waals surface area contributed by atoms with Gasteiger partial charge in [-0.3, -0.25) is 9.89 Å². The molecular weight excluding hydrogens is 240 g/mol. The van der Waals surface area contributed by atoms with Gasteiger partial charge in [-0.25, -0.2) is 0 Å². The van der Waals surface area contributed by atoms with Crippen LogP contribution in [0.4, 0.5) is 0 Å². The Balaban J connectivity index is 1.64. The molecule has 19 heavy (non-hydrogen) atoms. The van der Waals surface area contributed by atoms with Crippen molar-refractivity contribution in [3.63, 3.8) is 0 Å². The molecule has 0 saturated carbocycles. The summed E-state index contributed by atoms with van der Waals surface area (Å²) in [6.45, 7) is 3.09. The van der Waals surface area contributed by atoms with E-state index < -0.39 is 0 Å². The van der Waals surface area contributed by atoms with E-state index in [4.69, 9.17) is 0 Å². The van der Waals surface area contributed by atoms with Crippen LogP contribution in [0.2, 0.25) is 0 Å². The Morgan fingerprint density at radius 2 is 2.37 bits per heavy atom. The molecule has 5 heteroatoms. The van der Waals surface area contributed by atoms with Gasteiger partial charge < -0.3 is 10.6 Å². The Hall–Kier alpha value is -1.36. The molecule has 1 unspecified atom stereocenters. The lowest BCUT2D eigenvalue weighted by molar-refractivity contribution is -0.127. The maximum Gasteiger partial charge on any atom is 0.223 e. The van der Waals surface area contributed by atoms with Gasteiger partial charge in [-0.05, 0) is 51.1 Å². The zero-order valence-electron chi connectivity index (χ0n) is 11.4. The van der Waals surface area contributed by atoms with Crippen LogP contribution in [0.3, 0.4) is 0 Å². The monoisotopic (exact) mass is 262 g/mol. The topological polar surface area (TPSA) is 69.8 Å². The van der Waals surface area contributed by atoms with E-state index in [2.05, 4.69) is 27.8 Å². The lowest BCUT2D eigenvalue weighted by Crippen LogP contribution is -2.43. The average molecular weight is 262 g/mol. The van der Waals surface area contributed by atoms with Crippen LogP contribution in [0, 0.1) is 5.92 Å². The quantitative estimate of drug-likeness (QED) is 0.752. The van der Waals surface area contributed by atoms with Gasteiger partial charge in [0.05, 0.1) is 17.9 Å². The molecular formula is C14H22N4O. The number of aromatic amines is 1. The Morgan fingerprint density at radius 1 is 1.47 bits per heavy atom. The van der Waals surface area contributed by atoms with Crippen LogP contribution in [0.15, 0.2) is 6.20 Å². The molecule has 1 aliphatic heterocycles.